The second-order valence-corrected chi connectivity index (χ2v) is 7.78. The molecular formula is C12H24N2O2S. The van der Waals surface area contributed by atoms with Gasteiger partial charge in [0.25, 0.3) is 0 Å². The van der Waals surface area contributed by atoms with E-state index in [0.29, 0.717) is 17.5 Å². The molecule has 17 heavy (non-hydrogen) atoms. The Kier molecular flexibility index (Phi) is 4.44. The molecule has 1 N–H and O–H groups in total. The predicted octanol–water partition coefficient (Wildman–Crippen LogP) is 0.495. The van der Waals surface area contributed by atoms with Crippen molar-refractivity contribution in [2.24, 2.45) is 5.92 Å². The van der Waals surface area contributed by atoms with E-state index >= 15 is 0 Å². The summed E-state index contributed by atoms with van der Waals surface area (Å²) in [7, 11) is -2.78. The molecule has 100 valence electrons. The molecule has 0 amide bonds. The number of hydrogen-bond acceptors (Lipinski definition) is 4. The first-order valence-corrected chi connectivity index (χ1v) is 8.54. The summed E-state index contributed by atoms with van der Waals surface area (Å²) in [6.45, 7) is 6.21. The summed E-state index contributed by atoms with van der Waals surface area (Å²) in [4.78, 5) is 2.39. The second-order valence-electron chi connectivity index (χ2n) is 5.48. The number of nitrogens with zero attached hydrogens (tertiary/aromatic N) is 1. The molecule has 4 nitrogen and oxygen atoms in total. The van der Waals surface area contributed by atoms with Crippen molar-refractivity contribution in [3.8, 4) is 0 Å². The summed E-state index contributed by atoms with van der Waals surface area (Å²) in [6, 6.07) is 0.419. The van der Waals surface area contributed by atoms with Crippen molar-refractivity contribution in [1.29, 1.82) is 0 Å². The molecule has 0 aromatic carbocycles. The zero-order chi connectivity index (χ0) is 12.3. The van der Waals surface area contributed by atoms with E-state index in [2.05, 4.69) is 17.1 Å². The lowest BCUT2D eigenvalue weighted by Crippen LogP contribution is -2.41. The summed E-state index contributed by atoms with van der Waals surface area (Å²) < 4.78 is 23.2. The third-order valence-corrected chi connectivity index (χ3v) is 5.77. The third kappa shape index (κ3) is 3.93. The van der Waals surface area contributed by atoms with E-state index in [1.54, 1.807) is 0 Å². The van der Waals surface area contributed by atoms with Gasteiger partial charge in [0.2, 0.25) is 0 Å². The standard InChI is InChI=1S/C12H24N2O2S/c1-11-4-8-17(15,16)9-7-14(11)10-12-2-5-13-6-3-12/h11-13H,2-10H2,1H3. The quantitative estimate of drug-likeness (QED) is 0.785. The molecule has 0 aliphatic carbocycles. The summed E-state index contributed by atoms with van der Waals surface area (Å²) >= 11 is 0. The Bertz CT molecular complexity index is 336. The van der Waals surface area contributed by atoms with Crippen molar-refractivity contribution in [3.63, 3.8) is 0 Å². The Hall–Kier alpha value is -0.130. The molecule has 2 saturated heterocycles. The average molecular weight is 260 g/mol. The van der Waals surface area contributed by atoms with Gasteiger partial charge >= 0.3 is 0 Å². The zero-order valence-corrected chi connectivity index (χ0v) is 11.5. The number of sulfone groups is 1. The third-order valence-electron chi connectivity index (χ3n) is 4.11. The van der Waals surface area contributed by atoms with Crippen molar-refractivity contribution >= 4 is 9.84 Å². The molecular weight excluding hydrogens is 236 g/mol. The molecule has 2 aliphatic heterocycles. The van der Waals surface area contributed by atoms with Gasteiger partial charge in [-0.2, -0.15) is 0 Å². The Morgan fingerprint density at radius 1 is 1.18 bits per heavy atom. The fourth-order valence-corrected chi connectivity index (χ4v) is 4.20. The molecule has 0 bridgehead atoms. The fourth-order valence-electron chi connectivity index (χ4n) is 2.78. The highest BCUT2D eigenvalue weighted by molar-refractivity contribution is 7.91. The van der Waals surface area contributed by atoms with Gasteiger partial charge in [-0.25, -0.2) is 8.42 Å². The van der Waals surface area contributed by atoms with Gasteiger partial charge in [0.1, 0.15) is 0 Å². The molecule has 1 atom stereocenters. The normalized spacial score (nSPS) is 32.2. The first-order chi connectivity index (χ1) is 8.07. The van der Waals surface area contributed by atoms with Crippen LogP contribution in [0.2, 0.25) is 0 Å². The molecule has 2 heterocycles. The molecule has 2 fully saturated rings. The number of piperidine rings is 1. The number of hydrogen-bond donors (Lipinski definition) is 1. The van der Waals surface area contributed by atoms with Crippen LogP contribution in [0.15, 0.2) is 0 Å². The zero-order valence-electron chi connectivity index (χ0n) is 10.7. The van der Waals surface area contributed by atoms with Crippen LogP contribution in [0.25, 0.3) is 0 Å². The van der Waals surface area contributed by atoms with Gasteiger partial charge < -0.3 is 5.32 Å². The van der Waals surface area contributed by atoms with E-state index < -0.39 is 9.84 Å². The van der Waals surface area contributed by atoms with E-state index in [9.17, 15) is 8.42 Å². The van der Waals surface area contributed by atoms with Gasteiger partial charge in [-0.1, -0.05) is 0 Å². The van der Waals surface area contributed by atoms with Crippen molar-refractivity contribution in [2.45, 2.75) is 32.2 Å². The molecule has 5 heteroatoms. The Balaban J connectivity index is 1.90. The molecule has 0 saturated carbocycles. The van der Waals surface area contributed by atoms with Crippen LogP contribution in [0, 0.1) is 5.92 Å². The van der Waals surface area contributed by atoms with Crippen LogP contribution in [0.4, 0.5) is 0 Å². The highest BCUT2D eigenvalue weighted by Crippen LogP contribution is 2.18. The molecule has 0 radical (unpaired) electrons. The van der Waals surface area contributed by atoms with Crippen molar-refractivity contribution < 1.29 is 8.42 Å². The van der Waals surface area contributed by atoms with Crippen molar-refractivity contribution in [1.82, 2.24) is 10.2 Å². The van der Waals surface area contributed by atoms with Gasteiger partial charge in [0, 0.05) is 19.1 Å². The van der Waals surface area contributed by atoms with Crippen LogP contribution in [0.5, 0.6) is 0 Å². The van der Waals surface area contributed by atoms with Crippen molar-refractivity contribution in [2.75, 3.05) is 37.7 Å². The molecule has 0 aromatic rings. The Labute approximate surface area is 105 Å². The lowest BCUT2D eigenvalue weighted by Gasteiger charge is -2.32. The highest BCUT2D eigenvalue weighted by atomic mass is 32.2. The smallest absolute Gasteiger partial charge is 0.151 e. The molecule has 0 spiro atoms. The van der Waals surface area contributed by atoms with E-state index in [0.717, 1.165) is 38.5 Å². The van der Waals surface area contributed by atoms with Gasteiger partial charge in [0.05, 0.1) is 11.5 Å². The van der Waals surface area contributed by atoms with Crippen LogP contribution in [-0.4, -0.2) is 57.0 Å². The summed E-state index contributed by atoms with van der Waals surface area (Å²) in [6.07, 6.45) is 3.26. The van der Waals surface area contributed by atoms with Crippen LogP contribution < -0.4 is 5.32 Å². The SMILES string of the molecule is CC1CCS(=O)(=O)CCN1CC1CCNCC1. The lowest BCUT2D eigenvalue weighted by atomic mass is 9.97. The maximum absolute atomic E-state index is 11.6. The maximum Gasteiger partial charge on any atom is 0.151 e. The minimum absolute atomic E-state index is 0.350. The minimum atomic E-state index is -2.78. The molecule has 2 aliphatic rings. The minimum Gasteiger partial charge on any atom is -0.317 e. The largest absolute Gasteiger partial charge is 0.317 e. The number of rotatable bonds is 2. The fraction of sp³-hybridized carbons (Fsp3) is 1.00. The monoisotopic (exact) mass is 260 g/mol. The van der Waals surface area contributed by atoms with Crippen LogP contribution in [0.3, 0.4) is 0 Å². The lowest BCUT2D eigenvalue weighted by molar-refractivity contribution is 0.169. The number of nitrogens with one attached hydrogen (secondary N) is 1. The van der Waals surface area contributed by atoms with Gasteiger partial charge in [-0.15, -0.1) is 0 Å². The molecule has 0 aromatic heterocycles. The summed E-state index contributed by atoms with van der Waals surface area (Å²) in [5.74, 6) is 1.47. The summed E-state index contributed by atoms with van der Waals surface area (Å²) in [5, 5.41) is 3.37. The summed E-state index contributed by atoms with van der Waals surface area (Å²) in [5.41, 5.74) is 0. The highest BCUT2D eigenvalue weighted by Gasteiger charge is 2.26. The van der Waals surface area contributed by atoms with E-state index in [1.807, 2.05) is 0 Å². The van der Waals surface area contributed by atoms with Gasteiger partial charge in [-0.05, 0) is 45.2 Å². The first-order valence-electron chi connectivity index (χ1n) is 6.72. The Morgan fingerprint density at radius 2 is 1.88 bits per heavy atom. The maximum atomic E-state index is 11.6. The average Bonchev–Trinajstić information content (AvgIpc) is 2.44. The molecule has 2 rings (SSSR count). The van der Waals surface area contributed by atoms with E-state index in [-0.39, 0.29) is 0 Å². The molecule has 1 unspecified atom stereocenters. The van der Waals surface area contributed by atoms with Gasteiger partial charge in [-0.3, -0.25) is 4.90 Å². The first kappa shape index (κ1) is 13.3. The van der Waals surface area contributed by atoms with E-state index in [1.165, 1.54) is 12.8 Å². The van der Waals surface area contributed by atoms with Crippen molar-refractivity contribution in [3.05, 3.63) is 0 Å². The van der Waals surface area contributed by atoms with Gasteiger partial charge in [0.15, 0.2) is 9.84 Å². The van der Waals surface area contributed by atoms with E-state index in [4.69, 9.17) is 0 Å². The topological polar surface area (TPSA) is 49.4 Å². The van der Waals surface area contributed by atoms with Crippen LogP contribution in [-0.2, 0) is 9.84 Å². The predicted molar refractivity (Wildman–Crippen MR) is 69.9 cm³/mol. The Morgan fingerprint density at radius 3 is 2.59 bits per heavy atom. The van der Waals surface area contributed by atoms with Crippen LogP contribution >= 0.6 is 0 Å². The second kappa shape index (κ2) is 5.67. The van der Waals surface area contributed by atoms with Crippen LogP contribution in [0.1, 0.15) is 26.2 Å².